The second-order valence-corrected chi connectivity index (χ2v) is 3.86. The Labute approximate surface area is 98.1 Å². The fraction of sp³-hybridized carbons (Fsp3) is 0.364. The predicted octanol–water partition coefficient (Wildman–Crippen LogP) is 2.04. The molecule has 16 heavy (non-hydrogen) atoms. The Morgan fingerprint density at radius 2 is 2.38 bits per heavy atom. The maximum atomic E-state index is 11.1. The van der Waals surface area contributed by atoms with Crippen molar-refractivity contribution in [1.29, 1.82) is 0 Å². The van der Waals surface area contributed by atoms with Gasteiger partial charge in [-0.1, -0.05) is 11.6 Å². The Bertz CT molecular complexity index is 405. The Morgan fingerprint density at radius 1 is 1.56 bits per heavy atom. The highest BCUT2D eigenvalue weighted by atomic mass is 35.5. The molecule has 0 N–H and O–H groups in total. The van der Waals surface area contributed by atoms with Gasteiger partial charge in [0.1, 0.15) is 12.7 Å². The SMILES string of the molecule is COC(=O)CC1COc2ccc(Cl)cc2O1. The van der Waals surface area contributed by atoms with Crippen LogP contribution in [0.1, 0.15) is 6.42 Å². The van der Waals surface area contributed by atoms with E-state index in [9.17, 15) is 4.79 Å². The first-order chi connectivity index (χ1) is 7.69. The van der Waals surface area contributed by atoms with Gasteiger partial charge >= 0.3 is 5.97 Å². The van der Waals surface area contributed by atoms with Crippen LogP contribution in [-0.2, 0) is 9.53 Å². The fourth-order valence-electron chi connectivity index (χ4n) is 1.46. The van der Waals surface area contributed by atoms with Gasteiger partial charge in [-0.25, -0.2) is 0 Å². The van der Waals surface area contributed by atoms with Gasteiger partial charge in [0.25, 0.3) is 0 Å². The summed E-state index contributed by atoms with van der Waals surface area (Å²) in [6, 6.07) is 5.14. The van der Waals surface area contributed by atoms with Gasteiger partial charge in [-0.05, 0) is 12.1 Å². The zero-order valence-electron chi connectivity index (χ0n) is 8.73. The van der Waals surface area contributed by atoms with Gasteiger partial charge in [0.2, 0.25) is 0 Å². The Morgan fingerprint density at radius 3 is 3.12 bits per heavy atom. The first-order valence-corrected chi connectivity index (χ1v) is 5.22. The van der Waals surface area contributed by atoms with Crippen molar-refractivity contribution in [2.45, 2.75) is 12.5 Å². The van der Waals surface area contributed by atoms with E-state index in [4.69, 9.17) is 21.1 Å². The van der Waals surface area contributed by atoms with E-state index in [0.29, 0.717) is 23.1 Å². The second-order valence-electron chi connectivity index (χ2n) is 3.42. The number of hydrogen-bond acceptors (Lipinski definition) is 4. The lowest BCUT2D eigenvalue weighted by Gasteiger charge is -2.25. The molecule has 86 valence electrons. The number of methoxy groups -OCH3 is 1. The predicted molar refractivity (Wildman–Crippen MR) is 58.0 cm³/mol. The summed E-state index contributed by atoms with van der Waals surface area (Å²) in [6.07, 6.45) is -0.152. The minimum absolute atomic E-state index is 0.169. The first kappa shape index (κ1) is 11.1. The van der Waals surface area contributed by atoms with E-state index in [0.717, 1.165) is 0 Å². The van der Waals surface area contributed by atoms with Crippen LogP contribution in [0.25, 0.3) is 0 Å². The molecule has 0 radical (unpaired) electrons. The molecule has 1 aliphatic heterocycles. The van der Waals surface area contributed by atoms with E-state index in [2.05, 4.69) is 4.74 Å². The van der Waals surface area contributed by atoms with Gasteiger partial charge in [-0.2, -0.15) is 0 Å². The number of carbonyl (C=O) groups excluding carboxylic acids is 1. The van der Waals surface area contributed by atoms with E-state index in [1.807, 2.05) is 0 Å². The third-order valence-electron chi connectivity index (χ3n) is 2.25. The van der Waals surface area contributed by atoms with Gasteiger partial charge in [0.15, 0.2) is 11.5 Å². The summed E-state index contributed by atoms with van der Waals surface area (Å²) in [5.74, 6) is 0.886. The van der Waals surface area contributed by atoms with Crippen LogP contribution in [0, 0.1) is 0 Å². The van der Waals surface area contributed by atoms with Crippen LogP contribution in [0.15, 0.2) is 18.2 Å². The van der Waals surface area contributed by atoms with Crippen molar-refractivity contribution >= 4 is 17.6 Å². The molecule has 1 aromatic rings. The number of halogens is 1. The molecule has 0 amide bonds. The van der Waals surface area contributed by atoms with Crippen LogP contribution in [0.2, 0.25) is 5.02 Å². The summed E-state index contributed by atoms with van der Waals surface area (Å²) in [5, 5.41) is 0.570. The summed E-state index contributed by atoms with van der Waals surface area (Å²) < 4.78 is 15.6. The summed E-state index contributed by atoms with van der Waals surface area (Å²) in [6.45, 7) is 0.337. The number of benzene rings is 1. The maximum Gasteiger partial charge on any atom is 0.309 e. The molecule has 0 spiro atoms. The molecule has 0 bridgehead atoms. The van der Waals surface area contributed by atoms with Gasteiger partial charge < -0.3 is 14.2 Å². The second kappa shape index (κ2) is 4.61. The number of carbonyl (C=O) groups is 1. The quantitative estimate of drug-likeness (QED) is 0.745. The molecule has 0 aliphatic carbocycles. The third-order valence-corrected chi connectivity index (χ3v) is 2.48. The fourth-order valence-corrected chi connectivity index (χ4v) is 1.62. The lowest BCUT2D eigenvalue weighted by atomic mass is 10.2. The highest BCUT2D eigenvalue weighted by molar-refractivity contribution is 6.30. The number of hydrogen-bond donors (Lipinski definition) is 0. The molecule has 1 unspecified atom stereocenters. The van der Waals surface area contributed by atoms with Crippen LogP contribution in [0.4, 0.5) is 0 Å². The van der Waals surface area contributed by atoms with Crippen LogP contribution < -0.4 is 9.47 Å². The highest BCUT2D eigenvalue weighted by Gasteiger charge is 2.23. The van der Waals surface area contributed by atoms with Crippen molar-refractivity contribution in [1.82, 2.24) is 0 Å². The van der Waals surface area contributed by atoms with Crippen molar-refractivity contribution in [3.05, 3.63) is 23.2 Å². The van der Waals surface area contributed by atoms with E-state index in [1.54, 1.807) is 18.2 Å². The third kappa shape index (κ3) is 2.39. The molecule has 0 fully saturated rings. The average Bonchev–Trinajstić information content (AvgIpc) is 2.28. The first-order valence-electron chi connectivity index (χ1n) is 4.85. The molecule has 0 saturated heterocycles. The van der Waals surface area contributed by atoms with Gasteiger partial charge in [-0.15, -0.1) is 0 Å². The highest BCUT2D eigenvalue weighted by Crippen LogP contribution is 2.34. The minimum atomic E-state index is -0.321. The van der Waals surface area contributed by atoms with Gasteiger partial charge in [-0.3, -0.25) is 4.79 Å². The number of fused-ring (bicyclic) bond motifs is 1. The molecule has 1 aliphatic rings. The lowest BCUT2D eigenvalue weighted by Crippen LogP contribution is -2.31. The monoisotopic (exact) mass is 242 g/mol. The lowest BCUT2D eigenvalue weighted by molar-refractivity contribution is -0.143. The molecule has 2 rings (SSSR count). The Balaban J connectivity index is 2.08. The standard InChI is InChI=1S/C11H11ClO4/c1-14-11(13)5-8-6-15-9-3-2-7(12)4-10(9)16-8/h2-4,8H,5-6H2,1H3. The molecule has 4 nitrogen and oxygen atoms in total. The molecule has 1 heterocycles. The number of esters is 1. The van der Waals surface area contributed by atoms with E-state index < -0.39 is 0 Å². The molecular weight excluding hydrogens is 232 g/mol. The van der Waals surface area contributed by atoms with Gasteiger partial charge in [0.05, 0.1) is 13.5 Å². The Kier molecular flexibility index (Phi) is 3.19. The summed E-state index contributed by atoms with van der Waals surface area (Å²) >= 11 is 5.83. The van der Waals surface area contributed by atoms with Crippen molar-refractivity contribution in [2.75, 3.05) is 13.7 Å². The Hall–Kier alpha value is -1.42. The number of ether oxygens (including phenoxy) is 3. The summed E-state index contributed by atoms with van der Waals surface area (Å²) in [7, 11) is 1.34. The average molecular weight is 243 g/mol. The normalized spacial score (nSPS) is 18.0. The van der Waals surface area contributed by atoms with Crippen LogP contribution in [0.3, 0.4) is 0 Å². The smallest absolute Gasteiger partial charge is 0.309 e. The zero-order valence-corrected chi connectivity index (χ0v) is 9.49. The summed E-state index contributed by atoms with van der Waals surface area (Å²) in [4.78, 5) is 11.1. The van der Waals surface area contributed by atoms with Crippen LogP contribution in [-0.4, -0.2) is 25.8 Å². The van der Waals surface area contributed by atoms with Gasteiger partial charge in [0, 0.05) is 11.1 Å². The largest absolute Gasteiger partial charge is 0.486 e. The molecule has 0 saturated carbocycles. The molecule has 0 aromatic heterocycles. The maximum absolute atomic E-state index is 11.1. The molecule has 5 heteroatoms. The molecule has 1 atom stereocenters. The minimum Gasteiger partial charge on any atom is -0.486 e. The number of rotatable bonds is 2. The van der Waals surface area contributed by atoms with E-state index >= 15 is 0 Å². The van der Waals surface area contributed by atoms with E-state index in [1.165, 1.54) is 7.11 Å². The van der Waals surface area contributed by atoms with Crippen molar-refractivity contribution in [3.8, 4) is 11.5 Å². The summed E-state index contributed by atoms with van der Waals surface area (Å²) in [5.41, 5.74) is 0. The van der Waals surface area contributed by atoms with Crippen LogP contribution >= 0.6 is 11.6 Å². The zero-order chi connectivity index (χ0) is 11.5. The van der Waals surface area contributed by atoms with Crippen LogP contribution in [0.5, 0.6) is 11.5 Å². The van der Waals surface area contributed by atoms with Crippen molar-refractivity contribution in [2.24, 2.45) is 0 Å². The topological polar surface area (TPSA) is 44.8 Å². The molecular formula is C11H11ClO4. The molecule has 1 aromatic carbocycles. The van der Waals surface area contributed by atoms with Crippen molar-refractivity contribution < 1.29 is 19.0 Å². The van der Waals surface area contributed by atoms with Crippen molar-refractivity contribution in [3.63, 3.8) is 0 Å². The van der Waals surface area contributed by atoms with E-state index in [-0.39, 0.29) is 18.5 Å².